The van der Waals surface area contributed by atoms with Crippen LogP contribution in [0.5, 0.6) is 0 Å². The number of carbonyl (C=O) groups excluding carboxylic acids is 1. The van der Waals surface area contributed by atoms with E-state index in [1.54, 1.807) is 11.3 Å². The topological polar surface area (TPSA) is 37.6 Å². The van der Waals surface area contributed by atoms with Crippen LogP contribution in [0.4, 0.5) is 0 Å². The van der Waals surface area contributed by atoms with E-state index in [2.05, 4.69) is 61.4 Å². The van der Waals surface area contributed by atoms with Crippen LogP contribution in [0.2, 0.25) is 0 Å². The lowest BCUT2D eigenvalue weighted by Gasteiger charge is -2.22. The highest BCUT2D eigenvalue weighted by Crippen LogP contribution is 2.34. The summed E-state index contributed by atoms with van der Waals surface area (Å²) in [5.41, 5.74) is 5.14. The monoisotopic (exact) mass is 353 g/mol. The third-order valence-corrected chi connectivity index (χ3v) is 6.04. The first kappa shape index (κ1) is 16.5. The molecule has 1 aromatic carbocycles. The molecular weight excluding hydrogens is 330 g/mol. The zero-order valence-electron chi connectivity index (χ0n) is 15.2. The van der Waals surface area contributed by atoms with Gasteiger partial charge in [0.25, 0.3) is 0 Å². The number of fused-ring (bicyclic) bond motifs is 3. The Morgan fingerprint density at radius 3 is 2.56 bits per heavy atom. The number of carbonyl (C=O) groups is 1. The maximum Gasteiger partial charge on any atom is 0.195 e. The number of likely N-dealkylation sites (N-methyl/N-ethyl adjacent to an activating group) is 1. The van der Waals surface area contributed by atoms with Crippen molar-refractivity contribution in [3.05, 3.63) is 46.1 Å². The van der Waals surface area contributed by atoms with Gasteiger partial charge in [0.05, 0.1) is 0 Å². The zero-order valence-corrected chi connectivity index (χ0v) is 16.0. The second-order valence-electron chi connectivity index (χ2n) is 7.87. The van der Waals surface area contributed by atoms with E-state index < -0.39 is 0 Å². The molecule has 3 aromatic rings. The molecule has 0 fully saturated rings. The highest BCUT2D eigenvalue weighted by atomic mass is 32.1. The summed E-state index contributed by atoms with van der Waals surface area (Å²) in [6, 6.07) is 8.45. The lowest BCUT2D eigenvalue weighted by molar-refractivity contribution is 0.111. The number of hydrogen-bond donors (Lipinski definition) is 0. The maximum absolute atomic E-state index is 11.9. The first-order valence-corrected chi connectivity index (χ1v) is 9.48. The zero-order chi connectivity index (χ0) is 17.8. The van der Waals surface area contributed by atoms with Crippen molar-refractivity contribution < 1.29 is 4.79 Å². The summed E-state index contributed by atoms with van der Waals surface area (Å²) in [5.74, 6) is 0. The molecule has 0 aliphatic carbocycles. The van der Waals surface area contributed by atoms with Crippen LogP contribution in [0, 0.1) is 0 Å². The molecule has 0 saturated heterocycles. The minimum Gasteiger partial charge on any atom is -0.301 e. The summed E-state index contributed by atoms with van der Waals surface area (Å²) in [4.78, 5) is 21.3. The van der Waals surface area contributed by atoms with Gasteiger partial charge < -0.3 is 4.90 Å². The molecule has 0 bridgehead atoms. The number of hydrogen-bond acceptors (Lipinski definition) is 4. The molecule has 0 saturated carbocycles. The third kappa shape index (κ3) is 2.71. The van der Waals surface area contributed by atoms with Crippen LogP contribution in [0.3, 0.4) is 0 Å². The van der Waals surface area contributed by atoms with Crippen molar-refractivity contribution in [3.8, 4) is 11.3 Å². The van der Waals surface area contributed by atoms with Gasteiger partial charge in [-0.05, 0) is 18.0 Å². The second-order valence-corrected chi connectivity index (χ2v) is 8.93. The standard InChI is InChI=1S/C20H23N3OS/c1-20(2,3)14-7-5-13(6-8-14)18-16(12-24)23-15-9-10-22(4)11-17(15)25-19(23)21-18/h5-8,12H,9-11H2,1-4H3. The van der Waals surface area contributed by atoms with Crippen LogP contribution in [0.1, 0.15) is 47.4 Å². The number of imidazole rings is 1. The molecule has 2 aromatic heterocycles. The number of aldehydes is 1. The molecule has 0 radical (unpaired) electrons. The Morgan fingerprint density at radius 1 is 1.20 bits per heavy atom. The van der Waals surface area contributed by atoms with E-state index in [0.717, 1.165) is 42.0 Å². The van der Waals surface area contributed by atoms with Gasteiger partial charge in [-0.3, -0.25) is 9.20 Å². The summed E-state index contributed by atoms with van der Waals surface area (Å²) in [7, 11) is 2.13. The molecule has 0 spiro atoms. The molecule has 0 amide bonds. The van der Waals surface area contributed by atoms with Gasteiger partial charge in [-0.15, -0.1) is 0 Å². The van der Waals surface area contributed by atoms with Gasteiger partial charge in [0, 0.05) is 35.6 Å². The number of rotatable bonds is 2. The van der Waals surface area contributed by atoms with E-state index in [1.807, 2.05) is 0 Å². The van der Waals surface area contributed by atoms with Gasteiger partial charge in [0.2, 0.25) is 0 Å². The molecule has 4 nitrogen and oxygen atoms in total. The van der Waals surface area contributed by atoms with Crippen LogP contribution >= 0.6 is 11.3 Å². The molecule has 1 aliphatic rings. The third-order valence-electron chi connectivity index (χ3n) is 4.97. The van der Waals surface area contributed by atoms with E-state index >= 15 is 0 Å². The average molecular weight is 353 g/mol. The van der Waals surface area contributed by atoms with E-state index in [0.29, 0.717) is 5.69 Å². The summed E-state index contributed by atoms with van der Waals surface area (Å²) >= 11 is 1.71. The molecule has 25 heavy (non-hydrogen) atoms. The van der Waals surface area contributed by atoms with E-state index in [1.165, 1.54) is 16.1 Å². The molecule has 130 valence electrons. The quantitative estimate of drug-likeness (QED) is 0.649. The van der Waals surface area contributed by atoms with Crippen LogP contribution in [0.15, 0.2) is 24.3 Å². The molecule has 4 rings (SSSR count). The van der Waals surface area contributed by atoms with Crippen LogP contribution in [0.25, 0.3) is 16.2 Å². The van der Waals surface area contributed by atoms with Gasteiger partial charge in [-0.2, -0.15) is 0 Å². The fraction of sp³-hybridized carbons (Fsp3) is 0.400. The normalized spacial score (nSPS) is 15.5. The fourth-order valence-corrected chi connectivity index (χ4v) is 4.73. The first-order chi connectivity index (χ1) is 11.9. The summed E-state index contributed by atoms with van der Waals surface area (Å²) < 4.78 is 2.08. The maximum atomic E-state index is 11.9. The number of thiazole rings is 1. The van der Waals surface area contributed by atoms with Gasteiger partial charge in [0.15, 0.2) is 11.2 Å². The lowest BCUT2D eigenvalue weighted by Crippen LogP contribution is -2.26. The van der Waals surface area contributed by atoms with Gasteiger partial charge in [-0.1, -0.05) is 56.4 Å². The summed E-state index contributed by atoms with van der Waals surface area (Å²) in [6.45, 7) is 8.57. The lowest BCUT2D eigenvalue weighted by atomic mass is 9.86. The van der Waals surface area contributed by atoms with Gasteiger partial charge in [-0.25, -0.2) is 4.98 Å². The van der Waals surface area contributed by atoms with Crippen LogP contribution < -0.4 is 0 Å². The van der Waals surface area contributed by atoms with Gasteiger partial charge in [0.1, 0.15) is 11.4 Å². The smallest absolute Gasteiger partial charge is 0.195 e. The minimum atomic E-state index is 0.117. The largest absolute Gasteiger partial charge is 0.301 e. The Hall–Kier alpha value is -1.98. The molecule has 5 heteroatoms. The Labute approximate surface area is 152 Å². The van der Waals surface area contributed by atoms with Crippen molar-refractivity contribution in [2.24, 2.45) is 0 Å². The summed E-state index contributed by atoms with van der Waals surface area (Å²) in [5, 5.41) is 0. The van der Waals surface area contributed by atoms with Crippen molar-refractivity contribution in [2.75, 3.05) is 13.6 Å². The highest BCUT2D eigenvalue weighted by molar-refractivity contribution is 7.17. The van der Waals surface area contributed by atoms with E-state index in [9.17, 15) is 4.79 Å². The summed E-state index contributed by atoms with van der Waals surface area (Å²) in [6.07, 6.45) is 1.92. The second kappa shape index (κ2) is 5.78. The SMILES string of the molecule is CN1CCc2c(sc3nc(-c4ccc(C(C)(C)C)cc4)c(C=O)n23)C1. The molecule has 0 atom stereocenters. The number of aromatic nitrogens is 2. The molecule has 1 aliphatic heterocycles. The molecule has 0 unspecified atom stereocenters. The first-order valence-electron chi connectivity index (χ1n) is 8.66. The average Bonchev–Trinajstić information content (AvgIpc) is 3.08. The highest BCUT2D eigenvalue weighted by Gasteiger charge is 2.24. The number of nitrogens with zero attached hydrogens (tertiary/aromatic N) is 3. The Balaban J connectivity index is 1.83. The van der Waals surface area contributed by atoms with E-state index in [4.69, 9.17) is 4.98 Å². The van der Waals surface area contributed by atoms with E-state index in [-0.39, 0.29) is 5.41 Å². The predicted molar refractivity (Wildman–Crippen MR) is 103 cm³/mol. The predicted octanol–water partition coefficient (Wildman–Crippen LogP) is 4.16. The number of benzene rings is 1. The Morgan fingerprint density at radius 2 is 1.92 bits per heavy atom. The van der Waals surface area contributed by atoms with Crippen molar-refractivity contribution in [2.45, 2.75) is 39.2 Å². The molecular formula is C20H23N3OS. The minimum absolute atomic E-state index is 0.117. The van der Waals surface area contributed by atoms with Crippen molar-refractivity contribution in [1.82, 2.24) is 14.3 Å². The van der Waals surface area contributed by atoms with Crippen LogP contribution in [-0.4, -0.2) is 34.2 Å². The Kier molecular flexibility index (Phi) is 3.81. The fourth-order valence-electron chi connectivity index (χ4n) is 3.48. The van der Waals surface area contributed by atoms with Gasteiger partial charge >= 0.3 is 0 Å². The van der Waals surface area contributed by atoms with Crippen molar-refractivity contribution in [3.63, 3.8) is 0 Å². The van der Waals surface area contributed by atoms with Crippen molar-refractivity contribution >= 4 is 22.6 Å². The molecule has 3 heterocycles. The van der Waals surface area contributed by atoms with Crippen LogP contribution in [-0.2, 0) is 18.4 Å². The Bertz CT molecular complexity index is 944. The molecule has 0 N–H and O–H groups in total. The van der Waals surface area contributed by atoms with Crippen molar-refractivity contribution in [1.29, 1.82) is 0 Å².